The number of carbonyl (C=O) groups is 4. The molecule has 0 aromatic heterocycles. The molecule has 0 rings (SSSR count). The summed E-state index contributed by atoms with van der Waals surface area (Å²) in [7, 11) is 1.38. The lowest BCUT2D eigenvalue weighted by molar-refractivity contribution is -0.155. The van der Waals surface area contributed by atoms with Crippen molar-refractivity contribution in [2.75, 3.05) is 27.1 Å². The van der Waals surface area contributed by atoms with E-state index in [0.29, 0.717) is 25.6 Å². The second kappa shape index (κ2) is 131. The van der Waals surface area contributed by atoms with Gasteiger partial charge in [-0.25, -0.2) is 0 Å². The van der Waals surface area contributed by atoms with Gasteiger partial charge in [-0.1, -0.05) is 214 Å². The highest BCUT2D eigenvalue weighted by atomic mass is 16.6. The van der Waals surface area contributed by atoms with Crippen molar-refractivity contribution < 1.29 is 43.2 Å². The summed E-state index contributed by atoms with van der Waals surface area (Å²) >= 11 is 0. The van der Waals surface area contributed by atoms with Crippen LogP contribution in [0.5, 0.6) is 0 Å². The average molecular weight is 852 g/mol. The monoisotopic (exact) mass is 851 g/mol. The molecule has 0 spiro atoms. The minimum atomic E-state index is -0.517. The van der Waals surface area contributed by atoms with Gasteiger partial charge < -0.3 is 24.1 Å². The molecule has 2 atom stereocenters. The van der Waals surface area contributed by atoms with Crippen LogP contribution in [0.25, 0.3) is 0 Å². The second-order valence-corrected chi connectivity index (χ2v) is 8.25. The molecular weight excluding hydrogens is 721 g/mol. The Kier molecular flexibility index (Phi) is 363. The molecule has 0 aliphatic rings. The normalized spacial score (nSPS) is 7.39. The number of esters is 4. The molecule has 0 aliphatic carbocycles. The van der Waals surface area contributed by atoms with Crippen LogP contribution in [-0.4, -0.2) is 56.1 Å². The third-order valence-electron chi connectivity index (χ3n) is 4.35. The van der Waals surface area contributed by atoms with E-state index in [1.807, 2.05) is 6.08 Å². The fourth-order valence-electron chi connectivity index (χ4n) is 1.71. The maximum Gasteiger partial charge on any atom is 0.310 e. The molecule has 1 N–H and O–H groups in total. The lowest BCUT2D eigenvalue weighted by atomic mass is 10.1. The lowest BCUT2D eigenvalue weighted by Gasteiger charge is -2.08. The molecule has 0 aromatic carbocycles. The van der Waals surface area contributed by atoms with Crippen LogP contribution in [0.2, 0.25) is 0 Å². The highest BCUT2D eigenvalue weighted by Gasteiger charge is 2.18. The molecule has 9 heteroatoms. The van der Waals surface area contributed by atoms with E-state index in [1.54, 1.807) is 41.5 Å². The number of hydrogen-bond acceptors (Lipinski definition) is 9. The minimum Gasteiger partial charge on any atom is -0.469 e. The molecule has 0 saturated carbocycles. The van der Waals surface area contributed by atoms with Gasteiger partial charge in [-0.05, 0) is 32.6 Å². The summed E-state index contributed by atoms with van der Waals surface area (Å²) in [6, 6.07) is 0. The summed E-state index contributed by atoms with van der Waals surface area (Å²) < 4.78 is 17.9. The van der Waals surface area contributed by atoms with Crippen LogP contribution in [0.15, 0.2) is 24.8 Å². The van der Waals surface area contributed by atoms with Gasteiger partial charge in [0.05, 0.1) is 38.6 Å². The Balaban J connectivity index is -0.0000000115. The van der Waals surface area contributed by atoms with Crippen molar-refractivity contribution in [1.82, 2.24) is 0 Å². The minimum absolute atomic E-state index is 0. The van der Waals surface area contributed by atoms with Crippen LogP contribution in [0.3, 0.4) is 0 Å². The van der Waals surface area contributed by atoms with Crippen molar-refractivity contribution in [2.45, 2.75) is 235 Å². The van der Waals surface area contributed by atoms with Gasteiger partial charge in [0.25, 0.3) is 0 Å². The number of methoxy groups -OCH3 is 1. The van der Waals surface area contributed by atoms with Crippen molar-refractivity contribution in [2.24, 2.45) is 17.8 Å². The Bertz CT molecular complexity index is 607. The van der Waals surface area contributed by atoms with Crippen LogP contribution in [-0.2, 0) is 38.1 Å². The predicted molar refractivity (Wildman–Crippen MR) is 278 cm³/mol. The first-order chi connectivity index (χ1) is 18.3. The molecule has 0 amide bonds. The summed E-state index contributed by atoms with van der Waals surface area (Å²) in [4.78, 5) is 42.3. The standard InChI is InChI=1S/C9H16O4.2C6H12.C5H10O3.C4H8O2.18CH4/c1-4-12-8(10)6-7(3)9(11)13-5-2;1-4-6(3)5-2;1-3-5-6-4-2;1-4(2)5(7)8-3-6;1-3-4(5)6-2;;;;;;;;;;;;;;;;;;/h7H,4-6H2,1-3H3;4,6H,1,5H2,2-3H3;5-6H,3-4H2,1-2H3;4,6H,3H2,1-2H3;3H2,1-2H3;18*1H4. The molecular formula is C48H130O9. The summed E-state index contributed by atoms with van der Waals surface area (Å²) in [6.07, 6.45) is 10.5. The number of carbonyl (C=O) groups excluding carboxylic acids is 4. The molecule has 57 heavy (non-hydrogen) atoms. The molecule has 0 bridgehead atoms. The molecule has 0 fully saturated rings. The zero-order valence-corrected chi connectivity index (χ0v) is 26.5. The highest BCUT2D eigenvalue weighted by molar-refractivity contribution is 5.79. The molecule has 0 saturated heterocycles. The first-order valence-corrected chi connectivity index (χ1v) is 13.8. The van der Waals surface area contributed by atoms with Gasteiger partial charge in [-0.15, -0.1) is 6.58 Å². The molecule has 376 valence electrons. The predicted octanol–water partition coefficient (Wildman–Crippen LogP) is 17.9. The third-order valence-corrected chi connectivity index (χ3v) is 4.35. The topological polar surface area (TPSA) is 125 Å². The Morgan fingerprint density at radius 3 is 1.02 bits per heavy atom. The molecule has 0 heterocycles. The van der Waals surface area contributed by atoms with E-state index in [-0.39, 0.29) is 170 Å². The Morgan fingerprint density at radius 1 is 0.544 bits per heavy atom. The largest absolute Gasteiger partial charge is 0.469 e. The number of aliphatic hydroxyl groups is 1. The van der Waals surface area contributed by atoms with Gasteiger partial charge in [0.15, 0.2) is 6.79 Å². The zero-order chi connectivity index (χ0) is 31.6. The van der Waals surface area contributed by atoms with Gasteiger partial charge >= 0.3 is 23.9 Å². The number of aliphatic hydroxyl groups excluding tert-OH is 1. The maximum atomic E-state index is 11.1. The zero-order valence-electron chi connectivity index (χ0n) is 26.5. The quantitative estimate of drug-likeness (QED) is 0.0884. The SMILES string of the molecule is C.C.C.C.C.C.C.C.C.C.C.C.C.C.C.C.C.C.C=CC(C)CC.CC(C)C(=O)OCO.CCC(=O)OC.CCC=CCC.CCOC(=O)CC(C)C(=O)OCC. The second-order valence-electron chi connectivity index (χ2n) is 8.25. The number of allylic oxidation sites excluding steroid dienone is 3. The Morgan fingerprint density at radius 2 is 0.877 bits per heavy atom. The van der Waals surface area contributed by atoms with Gasteiger partial charge in [-0.2, -0.15) is 0 Å². The fourth-order valence-corrected chi connectivity index (χ4v) is 1.71. The summed E-state index contributed by atoms with van der Waals surface area (Å²) in [5.41, 5.74) is 0. The van der Waals surface area contributed by atoms with Crippen LogP contribution >= 0.6 is 0 Å². The van der Waals surface area contributed by atoms with E-state index < -0.39 is 12.7 Å². The molecule has 0 aromatic rings. The number of hydrogen-bond donors (Lipinski definition) is 1. The van der Waals surface area contributed by atoms with Crippen LogP contribution in [0.1, 0.15) is 235 Å². The van der Waals surface area contributed by atoms with Gasteiger partial charge in [0.1, 0.15) is 0 Å². The van der Waals surface area contributed by atoms with Crippen LogP contribution < -0.4 is 0 Å². The number of ether oxygens (including phenoxy) is 4. The van der Waals surface area contributed by atoms with Crippen LogP contribution in [0.4, 0.5) is 0 Å². The smallest absolute Gasteiger partial charge is 0.310 e. The average Bonchev–Trinajstić information content (AvgIpc) is 2.92. The Hall–Kier alpha value is -2.68. The summed E-state index contributed by atoms with van der Waals surface area (Å²) in [5.74, 6) is -1.10. The first kappa shape index (κ1) is 157. The summed E-state index contributed by atoms with van der Waals surface area (Å²) in [5, 5.41) is 8.04. The molecule has 2 unspecified atom stereocenters. The van der Waals surface area contributed by atoms with E-state index >= 15 is 0 Å². The third kappa shape index (κ3) is 163. The van der Waals surface area contributed by atoms with E-state index in [1.165, 1.54) is 26.4 Å². The molecule has 9 nitrogen and oxygen atoms in total. The fraction of sp³-hybridized carbons (Fsp3) is 0.833. The molecule has 0 radical (unpaired) electrons. The van der Waals surface area contributed by atoms with Crippen molar-refractivity contribution in [1.29, 1.82) is 0 Å². The van der Waals surface area contributed by atoms with Gasteiger partial charge in [0, 0.05) is 6.42 Å². The van der Waals surface area contributed by atoms with E-state index in [2.05, 4.69) is 55.9 Å². The van der Waals surface area contributed by atoms with Crippen molar-refractivity contribution in [3.8, 4) is 0 Å². The Labute approximate surface area is 371 Å². The number of rotatable bonds is 12. The first-order valence-electron chi connectivity index (χ1n) is 13.8. The lowest BCUT2D eigenvalue weighted by Crippen LogP contribution is -2.19. The highest BCUT2D eigenvalue weighted by Crippen LogP contribution is 2.05. The maximum absolute atomic E-state index is 11.1. The van der Waals surface area contributed by atoms with E-state index in [9.17, 15) is 19.2 Å². The van der Waals surface area contributed by atoms with Gasteiger partial charge in [-0.3, -0.25) is 19.2 Å². The van der Waals surface area contributed by atoms with Crippen molar-refractivity contribution in [3.05, 3.63) is 24.8 Å². The van der Waals surface area contributed by atoms with E-state index in [4.69, 9.17) is 14.6 Å². The van der Waals surface area contributed by atoms with E-state index in [0.717, 1.165) is 0 Å². The summed E-state index contributed by atoms with van der Waals surface area (Å²) in [6.45, 7) is 22.7. The van der Waals surface area contributed by atoms with Gasteiger partial charge in [0.2, 0.25) is 0 Å². The van der Waals surface area contributed by atoms with Crippen LogP contribution in [0, 0.1) is 17.8 Å². The van der Waals surface area contributed by atoms with Crippen molar-refractivity contribution >= 4 is 23.9 Å². The van der Waals surface area contributed by atoms with Crippen molar-refractivity contribution in [3.63, 3.8) is 0 Å². The molecule has 0 aliphatic heterocycles.